The second kappa shape index (κ2) is 8.69. The highest BCUT2D eigenvalue weighted by Gasteiger charge is 2.11. The molecule has 2 N–H and O–H groups in total. The minimum Gasteiger partial charge on any atom is -0.497 e. The van der Waals surface area contributed by atoms with E-state index in [1.807, 2.05) is 30.3 Å². The number of hydrogen-bond acceptors (Lipinski definition) is 4. The summed E-state index contributed by atoms with van der Waals surface area (Å²) in [6.45, 7) is 0.236. The Morgan fingerprint density at radius 3 is 2.12 bits per heavy atom. The summed E-state index contributed by atoms with van der Waals surface area (Å²) in [5.41, 5.74) is 1.39. The lowest BCUT2D eigenvalue weighted by Crippen LogP contribution is -2.36. The molecule has 2 rings (SSSR count). The molecule has 0 aliphatic rings. The minimum absolute atomic E-state index is 0.111. The van der Waals surface area contributed by atoms with E-state index in [1.165, 1.54) is 0 Å². The predicted molar refractivity (Wildman–Crippen MR) is 94.2 cm³/mol. The van der Waals surface area contributed by atoms with Crippen LogP contribution in [0.5, 0.6) is 5.75 Å². The molecule has 0 aliphatic heterocycles. The van der Waals surface area contributed by atoms with Crippen LogP contribution in [0.15, 0.2) is 54.6 Å². The Morgan fingerprint density at radius 1 is 0.917 bits per heavy atom. The molecule has 0 spiro atoms. The molecule has 0 atom stereocenters. The summed E-state index contributed by atoms with van der Waals surface area (Å²) in [4.78, 5) is 25.6. The van der Waals surface area contributed by atoms with E-state index in [9.17, 15) is 9.59 Å². The van der Waals surface area contributed by atoms with Crippen molar-refractivity contribution in [3.63, 3.8) is 0 Å². The van der Waals surface area contributed by atoms with Crippen LogP contribution in [-0.4, -0.2) is 44.0 Å². The average Bonchev–Trinajstić information content (AvgIpc) is 2.55. The molecule has 0 bridgehead atoms. The normalized spacial score (nSPS) is 10.3. The number of amides is 2. The summed E-state index contributed by atoms with van der Waals surface area (Å²) in [5.74, 6) is 0.305. The number of carbonyl (C=O) groups excluding carboxylic acids is 2. The second-order valence-electron chi connectivity index (χ2n) is 5.37. The topological polar surface area (TPSA) is 70.7 Å². The maximum Gasteiger partial charge on any atom is 0.238 e. The fourth-order valence-corrected chi connectivity index (χ4v) is 2.17. The molecule has 6 nitrogen and oxygen atoms in total. The van der Waals surface area contributed by atoms with Gasteiger partial charge in [0, 0.05) is 17.4 Å². The molecule has 0 heterocycles. The Bertz CT molecular complexity index is 689. The number of anilines is 2. The highest BCUT2D eigenvalue weighted by Crippen LogP contribution is 2.16. The zero-order valence-electron chi connectivity index (χ0n) is 13.8. The maximum atomic E-state index is 12.0. The largest absolute Gasteiger partial charge is 0.497 e. The first-order valence-corrected chi connectivity index (χ1v) is 7.54. The van der Waals surface area contributed by atoms with E-state index in [4.69, 9.17) is 4.74 Å². The van der Waals surface area contributed by atoms with E-state index in [0.717, 1.165) is 5.69 Å². The van der Waals surface area contributed by atoms with Crippen LogP contribution < -0.4 is 15.4 Å². The SMILES string of the molecule is COc1cccc(NC(=O)CN(C)CC(=O)Nc2ccccc2)c1. The zero-order valence-corrected chi connectivity index (χ0v) is 13.8. The number of hydrogen-bond donors (Lipinski definition) is 2. The van der Waals surface area contributed by atoms with Crippen LogP contribution >= 0.6 is 0 Å². The maximum absolute atomic E-state index is 12.0. The van der Waals surface area contributed by atoms with Crippen LogP contribution in [0.25, 0.3) is 0 Å². The molecule has 0 radical (unpaired) electrons. The molecule has 0 fully saturated rings. The van der Waals surface area contributed by atoms with Crippen LogP contribution in [0.2, 0.25) is 0 Å². The highest BCUT2D eigenvalue weighted by atomic mass is 16.5. The summed E-state index contributed by atoms with van der Waals surface area (Å²) in [5, 5.41) is 5.56. The first kappa shape index (κ1) is 17.5. The number of benzene rings is 2. The summed E-state index contributed by atoms with van der Waals surface area (Å²) in [6.07, 6.45) is 0. The first-order chi connectivity index (χ1) is 11.6. The molecule has 6 heteroatoms. The number of para-hydroxylation sites is 1. The van der Waals surface area contributed by atoms with Gasteiger partial charge in [-0.1, -0.05) is 24.3 Å². The Balaban J connectivity index is 1.79. The molecule has 24 heavy (non-hydrogen) atoms. The fraction of sp³-hybridized carbons (Fsp3) is 0.222. The van der Waals surface area contributed by atoms with Gasteiger partial charge in [-0.05, 0) is 31.3 Å². The van der Waals surface area contributed by atoms with Gasteiger partial charge in [-0.2, -0.15) is 0 Å². The van der Waals surface area contributed by atoms with Gasteiger partial charge in [0.15, 0.2) is 0 Å². The fourth-order valence-electron chi connectivity index (χ4n) is 2.17. The lowest BCUT2D eigenvalue weighted by molar-refractivity contribution is -0.119. The monoisotopic (exact) mass is 327 g/mol. The van der Waals surface area contributed by atoms with Gasteiger partial charge in [0.1, 0.15) is 5.75 Å². The molecule has 2 aromatic carbocycles. The summed E-state index contributed by atoms with van der Waals surface area (Å²) < 4.78 is 5.11. The van der Waals surface area contributed by atoms with Crippen LogP contribution in [0.4, 0.5) is 11.4 Å². The van der Waals surface area contributed by atoms with E-state index >= 15 is 0 Å². The lowest BCUT2D eigenvalue weighted by Gasteiger charge is -2.16. The molecular formula is C18H21N3O3. The Morgan fingerprint density at radius 2 is 1.50 bits per heavy atom. The molecule has 0 unspecified atom stereocenters. The molecule has 2 amide bonds. The molecule has 126 valence electrons. The number of nitrogens with zero attached hydrogens (tertiary/aromatic N) is 1. The average molecular weight is 327 g/mol. The van der Waals surface area contributed by atoms with Crippen LogP contribution in [0.1, 0.15) is 0 Å². The van der Waals surface area contributed by atoms with Crippen LogP contribution in [0, 0.1) is 0 Å². The van der Waals surface area contributed by atoms with E-state index in [1.54, 1.807) is 43.3 Å². The summed E-state index contributed by atoms with van der Waals surface area (Å²) in [6, 6.07) is 16.3. The number of likely N-dealkylation sites (N-methyl/N-ethyl adjacent to an activating group) is 1. The van der Waals surface area contributed by atoms with Crippen molar-refractivity contribution in [2.75, 3.05) is 37.9 Å². The smallest absolute Gasteiger partial charge is 0.238 e. The number of carbonyl (C=O) groups is 2. The van der Waals surface area contributed by atoms with Crippen LogP contribution in [-0.2, 0) is 9.59 Å². The van der Waals surface area contributed by atoms with E-state index in [-0.39, 0.29) is 24.9 Å². The van der Waals surface area contributed by atoms with Crippen molar-refractivity contribution >= 4 is 23.2 Å². The molecule has 0 saturated carbocycles. The van der Waals surface area contributed by atoms with Crippen molar-refractivity contribution in [2.45, 2.75) is 0 Å². The third kappa shape index (κ3) is 5.73. The zero-order chi connectivity index (χ0) is 17.4. The van der Waals surface area contributed by atoms with Crippen molar-refractivity contribution in [3.8, 4) is 5.75 Å². The number of rotatable bonds is 7. The van der Waals surface area contributed by atoms with Gasteiger partial charge < -0.3 is 15.4 Å². The number of nitrogens with one attached hydrogen (secondary N) is 2. The second-order valence-corrected chi connectivity index (χ2v) is 5.37. The number of methoxy groups -OCH3 is 1. The van der Waals surface area contributed by atoms with Crippen molar-refractivity contribution < 1.29 is 14.3 Å². The minimum atomic E-state index is -0.196. The van der Waals surface area contributed by atoms with Gasteiger partial charge in [0.25, 0.3) is 0 Å². The molecule has 2 aromatic rings. The molecular weight excluding hydrogens is 306 g/mol. The van der Waals surface area contributed by atoms with Gasteiger partial charge in [0.05, 0.1) is 20.2 Å². The van der Waals surface area contributed by atoms with Crippen molar-refractivity contribution in [1.82, 2.24) is 4.90 Å². The molecule has 0 aliphatic carbocycles. The molecule has 0 aromatic heterocycles. The van der Waals surface area contributed by atoms with Crippen molar-refractivity contribution in [2.24, 2.45) is 0 Å². The van der Waals surface area contributed by atoms with Gasteiger partial charge in [-0.3, -0.25) is 14.5 Å². The van der Waals surface area contributed by atoms with Crippen molar-refractivity contribution in [3.05, 3.63) is 54.6 Å². The number of ether oxygens (including phenoxy) is 1. The summed E-state index contributed by atoms with van der Waals surface area (Å²) >= 11 is 0. The Labute approximate surface area is 141 Å². The van der Waals surface area contributed by atoms with E-state index < -0.39 is 0 Å². The van der Waals surface area contributed by atoms with E-state index in [0.29, 0.717) is 11.4 Å². The quantitative estimate of drug-likeness (QED) is 0.818. The van der Waals surface area contributed by atoms with Gasteiger partial charge in [-0.15, -0.1) is 0 Å². The van der Waals surface area contributed by atoms with Crippen molar-refractivity contribution in [1.29, 1.82) is 0 Å². The Kier molecular flexibility index (Phi) is 6.33. The first-order valence-electron chi connectivity index (χ1n) is 7.54. The standard InChI is InChI=1S/C18H21N3O3/c1-21(12-17(22)19-14-7-4-3-5-8-14)13-18(23)20-15-9-6-10-16(11-15)24-2/h3-11H,12-13H2,1-2H3,(H,19,22)(H,20,23). The third-order valence-corrected chi connectivity index (χ3v) is 3.24. The Hall–Kier alpha value is -2.86. The third-order valence-electron chi connectivity index (χ3n) is 3.24. The van der Waals surface area contributed by atoms with E-state index in [2.05, 4.69) is 10.6 Å². The highest BCUT2D eigenvalue weighted by molar-refractivity contribution is 5.94. The van der Waals surface area contributed by atoms with Gasteiger partial charge >= 0.3 is 0 Å². The summed E-state index contributed by atoms with van der Waals surface area (Å²) in [7, 11) is 3.29. The predicted octanol–water partition coefficient (Wildman–Crippen LogP) is 2.20. The lowest BCUT2D eigenvalue weighted by atomic mass is 10.3. The van der Waals surface area contributed by atoms with Gasteiger partial charge in [-0.25, -0.2) is 0 Å². The molecule has 0 saturated heterocycles. The van der Waals surface area contributed by atoms with Gasteiger partial charge in [0.2, 0.25) is 11.8 Å². The van der Waals surface area contributed by atoms with Crippen LogP contribution in [0.3, 0.4) is 0 Å².